The Hall–Kier alpha value is -0.380. The molecule has 1 rings (SSSR count). The zero-order valence-electron chi connectivity index (χ0n) is 5.99. The summed E-state index contributed by atoms with van der Waals surface area (Å²) in [6.45, 7) is 1.56. The van der Waals surface area contributed by atoms with Crippen molar-refractivity contribution in [2.45, 2.75) is 24.5 Å². The van der Waals surface area contributed by atoms with Crippen LogP contribution in [-0.4, -0.2) is 33.6 Å². The quantitative estimate of drug-likeness (QED) is 0.505. The van der Waals surface area contributed by atoms with Crippen molar-refractivity contribution in [2.24, 2.45) is 0 Å². The van der Waals surface area contributed by atoms with E-state index in [0.717, 1.165) is 0 Å². The molecule has 0 heterocycles. The van der Waals surface area contributed by atoms with Crippen LogP contribution in [0.3, 0.4) is 0 Å². The van der Waals surface area contributed by atoms with E-state index in [0.29, 0.717) is 5.57 Å². The minimum atomic E-state index is -1.17. The van der Waals surface area contributed by atoms with Gasteiger partial charge in [-0.15, -0.1) is 11.6 Å². The molecule has 0 bridgehead atoms. The number of aliphatic hydroxyl groups is 2. The van der Waals surface area contributed by atoms with Crippen LogP contribution in [0.4, 0.5) is 0 Å². The van der Waals surface area contributed by atoms with Gasteiger partial charge in [0.2, 0.25) is 0 Å². The van der Waals surface area contributed by atoms with Crippen molar-refractivity contribution in [1.29, 1.82) is 0 Å². The number of aliphatic hydroxyl groups excluding tert-OH is 2. The molecule has 0 aromatic carbocycles. The number of ketones is 1. The van der Waals surface area contributed by atoms with Crippen LogP contribution in [-0.2, 0) is 4.79 Å². The second kappa shape index (κ2) is 2.93. The van der Waals surface area contributed by atoms with Gasteiger partial charge in [0.1, 0.15) is 17.6 Å². The summed E-state index contributed by atoms with van der Waals surface area (Å²) in [6, 6.07) is 0. The molecule has 4 heteroatoms. The Balaban J connectivity index is 2.92. The lowest BCUT2D eigenvalue weighted by atomic mass is 9.94. The van der Waals surface area contributed by atoms with Crippen LogP contribution < -0.4 is 0 Å². The minimum absolute atomic E-state index is 0.315. The molecule has 3 atom stereocenters. The van der Waals surface area contributed by atoms with Crippen LogP contribution in [0.1, 0.15) is 6.92 Å². The van der Waals surface area contributed by atoms with E-state index in [9.17, 15) is 4.79 Å². The molecular formula is C7H9ClO3. The molecule has 62 valence electrons. The number of carbonyl (C=O) groups excluding carboxylic acids is 1. The van der Waals surface area contributed by atoms with Crippen LogP contribution in [0.25, 0.3) is 0 Å². The van der Waals surface area contributed by atoms with E-state index >= 15 is 0 Å². The van der Waals surface area contributed by atoms with Gasteiger partial charge in [-0.2, -0.15) is 0 Å². The summed E-state index contributed by atoms with van der Waals surface area (Å²) in [5, 5.41) is 17.2. The number of hydrogen-bond donors (Lipinski definition) is 2. The highest BCUT2D eigenvalue weighted by molar-refractivity contribution is 6.34. The van der Waals surface area contributed by atoms with Crippen molar-refractivity contribution in [2.75, 3.05) is 0 Å². The first kappa shape index (κ1) is 8.71. The predicted octanol–water partition coefficient (Wildman–Crippen LogP) is -0.155. The number of rotatable bonds is 0. The first-order chi connectivity index (χ1) is 5.04. The third-order valence-corrected chi connectivity index (χ3v) is 2.17. The maximum atomic E-state index is 11.0. The molecule has 1 aliphatic rings. The Bertz CT molecular complexity index is 212. The average molecular weight is 177 g/mol. The number of alkyl halides is 1. The maximum absolute atomic E-state index is 11.0. The van der Waals surface area contributed by atoms with Crippen molar-refractivity contribution in [3.8, 4) is 0 Å². The fraction of sp³-hybridized carbons (Fsp3) is 0.571. The predicted molar refractivity (Wildman–Crippen MR) is 40.4 cm³/mol. The highest BCUT2D eigenvalue weighted by Crippen LogP contribution is 2.19. The van der Waals surface area contributed by atoms with E-state index in [1.165, 1.54) is 6.08 Å². The molecule has 2 N–H and O–H groups in total. The normalized spacial score (nSPS) is 38.7. The van der Waals surface area contributed by atoms with Crippen molar-refractivity contribution in [3.63, 3.8) is 0 Å². The zero-order valence-corrected chi connectivity index (χ0v) is 6.75. The molecule has 0 radical (unpaired) electrons. The van der Waals surface area contributed by atoms with Gasteiger partial charge < -0.3 is 10.2 Å². The lowest BCUT2D eigenvalue weighted by Crippen LogP contribution is -2.42. The standard InChI is InChI=1S/C7H9ClO3/c1-3-2-4(9)7(11)5(8)6(3)10/h2,4-5,7,9,11H,1H3/t4-,5-,7-/m1/s1. The lowest BCUT2D eigenvalue weighted by Gasteiger charge is -2.24. The molecule has 0 aromatic heterocycles. The third-order valence-electron chi connectivity index (χ3n) is 1.71. The van der Waals surface area contributed by atoms with Crippen molar-refractivity contribution < 1.29 is 15.0 Å². The van der Waals surface area contributed by atoms with E-state index < -0.39 is 17.6 Å². The Kier molecular flexibility index (Phi) is 2.32. The van der Waals surface area contributed by atoms with Crippen molar-refractivity contribution in [3.05, 3.63) is 11.6 Å². The summed E-state index contributed by atoms with van der Waals surface area (Å²) in [6.07, 6.45) is -0.880. The van der Waals surface area contributed by atoms with Crippen molar-refractivity contribution >= 4 is 17.4 Å². The summed E-state index contributed by atoms with van der Waals surface area (Å²) in [7, 11) is 0. The Morgan fingerprint density at radius 1 is 1.55 bits per heavy atom. The van der Waals surface area contributed by atoms with Crippen LogP contribution in [0.5, 0.6) is 0 Å². The summed E-state index contributed by atoms with van der Waals surface area (Å²) in [4.78, 5) is 11.0. The number of allylic oxidation sites excluding steroid dienone is 1. The SMILES string of the molecule is CC1=C[C@@H](O)[C@@H](O)[C@H](Cl)C1=O. The molecule has 0 fully saturated rings. The molecule has 0 amide bonds. The topological polar surface area (TPSA) is 57.5 Å². The molecule has 0 unspecified atom stereocenters. The summed E-state index contributed by atoms with van der Waals surface area (Å²) < 4.78 is 0. The molecule has 0 aromatic rings. The van der Waals surface area contributed by atoms with Gasteiger partial charge in [-0.3, -0.25) is 4.79 Å². The molecular weight excluding hydrogens is 168 g/mol. The third kappa shape index (κ3) is 1.45. The van der Waals surface area contributed by atoms with E-state index in [1.54, 1.807) is 6.92 Å². The number of carbonyl (C=O) groups is 1. The van der Waals surface area contributed by atoms with Gasteiger partial charge in [0.05, 0.1) is 0 Å². The molecule has 0 saturated carbocycles. The van der Waals surface area contributed by atoms with Crippen LogP contribution >= 0.6 is 11.6 Å². The molecule has 3 nitrogen and oxygen atoms in total. The fourth-order valence-electron chi connectivity index (χ4n) is 0.983. The highest BCUT2D eigenvalue weighted by atomic mass is 35.5. The second-order valence-electron chi connectivity index (χ2n) is 2.60. The molecule has 0 aliphatic heterocycles. The molecule has 11 heavy (non-hydrogen) atoms. The first-order valence-electron chi connectivity index (χ1n) is 3.27. The molecule has 1 aliphatic carbocycles. The minimum Gasteiger partial charge on any atom is -0.388 e. The Morgan fingerprint density at radius 2 is 2.09 bits per heavy atom. The van der Waals surface area contributed by atoms with Crippen LogP contribution in [0.2, 0.25) is 0 Å². The van der Waals surface area contributed by atoms with Gasteiger partial charge in [0.25, 0.3) is 0 Å². The average Bonchev–Trinajstić information content (AvgIpc) is 1.97. The Morgan fingerprint density at radius 3 is 2.64 bits per heavy atom. The lowest BCUT2D eigenvalue weighted by molar-refractivity contribution is -0.119. The monoisotopic (exact) mass is 176 g/mol. The highest BCUT2D eigenvalue weighted by Gasteiger charge is 2.34. The van der Waals surface area contributed by atoms with Gasteiger partial charge >= 0.3 is 0 Å². The summed E-state index contributed by atoms with van der Waals surface area (Å²) >= 11 is 5.51. The van der Waals surface area contributed by atoms with Gasteiger partial charge in [-0.05, 0) is 18.6 Å². The van der Waals surface area contributed by atoms with E-state index in [4.69, 9.17) is 21.8 Å². The first-order valence-corrected chi connectivity index (χ1v) is 3.70. The molecule has 0 spiro atoms. The van der Waals surface area contributed by atoms with E-state index in [1.807, 2.05) is 0 Å². The van der Waals surface area contributed by atoms with Gasteiger partial charge in [-0.25, -0.2) is 0 Å². The number of hydrogen-bond acceptors (Lipinski definition) is 3. The zero-order chi connectivity index (χ0) is 8.59. The smallest absolute Gasteiger partial charge is 0.178 e. The van der Waals surface area contributed by atoms with Crippen molar-refractivity contribution in [1.82, 2.24) is 0 Å². The summed E-state index contributed by atoms with van der Waals surface area (Å²) in [5.74, 6) is -0.315. The second-order valence-corrected chi connectivity index (χ2v) is 3.07. The maximum Gasteiger partial charge on any atom is 0.178 e. The molecule has 0 saturated heterocycles. The largest absolute Gasteiger partial charge is 0.388 e. The summed E-state index contributed by atoms with van der Waals surface area (Å²) in [5.41, 5.74) is 0.405. The fourth-order valence-corrected chi connectivity index (χ4v) is 1.30. The van der Waals surface area contributed by atoms with Gasteiger partial charge in [0, 0.05) is 0 Å². The number of halogens is 1. The van der Waals surface area contributed by atoms with Gasteiger partial charge in [0.15, 0.2) is 5.78 Å². The van der Waals surface area contributed by atoms with Gasteiger partial charge in [-0.1, -0.05) is 0 Å². The van der Waals surface area contributed by atoms with Crippen LogP contribution in [0.15, 0.2) is 11.6 Å². The van der Waals surface area contributed by atoms with E-state index in [-0.39, 0.29) is 5.78 Å². The van der Waals surface area contributed by atoms with Crippen LogP contribution in [0, 0.1) is 0 Å². The Labute approximate surface area is 69.3 Å². The van der Waals surface area contributed by atoms with E-state index in [2.05, 4.69) is 0 Å². The number of Topliss-reactive ketones (excluding diaryl/α,β-unsaturated/α-hetero) is 1.